The quantitative estimate of drug-likeness (QED) is 0.691. The Kier molecular flexibility index (Phi) is 2.24. The molecule has 0 fully saturated rings. The largest absolute Gasteiger partial charge is 0.368 e. The molecule has 1 heterocycles. The maximum atomic E-state index is 2.59. The van der Waals surface area contributed by atoms with Crippen LogP contribution in [0.15, 0.2) is 12.1 Å². The minimum Gasteiger partial charge on any atom is -0.368 e. The lowest BCUT2D eigenvalue weighted by Gasteiger charge is -2.24. The molecule has 0 saturated heterocycles. The third-order valence-electron chi connectivity index (χ3n) is 4.31. The molecule has 2 aliphatic rings. The van der Waals surface area contributed by atoms with Gasteiger partial charge in [0.05, 0.1) is 0 Å². The van der Waals surface area contributed by atoms with Gasteiger partial charge in [0.25, 0.3) is 0 Å². The summed E-state index contributed by atoms with van der Waals surface area (Å²) in [4.78, 5) is 2.59. The topological polar surface area (TPSA) is 3.24 Å². The summed E-state index contributed by atoms with van der Waals surface area (Å²) in [6, 6.07) is 5.30. The first-order chi connectivity index (χ1) is 7.68. The fourth-order valence-electron chi connectivity index (χ4n) is 3.48. The molecule has 0 spiro atoms. The normalized spacial score (nSPS) is 22.8. The maximum Gasteiger partial charge on any atom is 0.0407 e. The van der Waals surface area contributed by atoms with Crippen LogP contribution in [0.1, 0.15) is 49.3 Å². The Balaban J connectivity index is 2.16. The molecular weight excluding hydrogens is 194 g/mol. The van der Waals surface area contributed by atoms with E-state index in [9.17, 15) is 0 Å². The summed E-state index contributed by atoms with van der Waals surface area (Å²) >= 11 is 0. The van der Waals surface area contributed by atoms with Gasteiger partial charge in [-0.15, -0.1) is 0 Å². The third-order valence-corrected chi connectivity index (χ3v) is 4.31. The molecule has 1 nitrogen and oxygen atoms in total. The van der Waals surface area contributed by atoms with Gasteiger partial charge in [-0.1, -0.05) is 6.07 Å². The predicted molar refractivity (Wildman–Crippen MR) is 69.3 cm³/mol. The summed E-state index contributed by atoms with van der Waals surface area (Å²) in [5.41, 5.74) is 6.39. The number of aryl methyl sites for hydroxylation is 1. The third kappa shape index (κ3) is 1.30. The zero-order chi connectivity index (χ0) is 11.3. The molecule has 1 unspecified atom stereocenters. The lowest BCUT2D eigenvalue weighted by Crippen LogP contribution is -2.29. The SMILES string of the molecule is Cc1ccc2c3c1CCCC3CN2C(C)C. The Hall–Kier alpha value is -0.980. The highest BCUT2D eigenvalue weighted by molar-refractivity contribution is 5.65. The first kappa shape index (κ1) is 10.2. The van der Waals surface area contributed by atoms with Crippen LogP contribution in [-0.4, -0.2) is 12.6 Å². The second kappa shape index (κ2) is 3.51. The van der Waals surface area contributed by atoms with E-state index < -0.39 is 0 Å². The van der Waals surface area contributed by atoms with Crippen molar-refractivity contribution in [2.45, 2.75) is 52.0 Å². The molecule has 0 bridgehead atoms. The van der Waals surface area contributed by atoms with Gasteiger partial charge in [-0.05, 0) is 62.8 Å². The van der Waals surface area contributed by atoms with E-state index in [1.807, 2.05) is 0 Å². The smallest absolute Gasteiger partial charge is 0.0407 e. The molecule has 86 valence electrons. The van der Waals surface area contributed by atoms with Crippen LogP contribution in [0, 0.1) is 6.92 Å². The molecule has 3 rings (SSSR count). The number of hydrogen-bond donors (Lipinski definition) is 0. The van der Waals surface area contributed by atoms with Gasteiger partial charge < -0.3 is 4.90 Å². The fraction of sp³-hybridized carbons (Fsp3) is 0.600. The van der Waals surface area contributed by atoms with Gasteiger partial charge in [0, 0.05) is 24.2 Å². The number of rotatable bonds is 1. The highest BCUT2D eigenvalue weighted by Crippen LogP contribution is 2.46. The molecule has 1 heteroatoms. The monoisotopic (exact) mass is 215 g/mol. The van der Waals surface area contributed by atoms with Gasteiger partial charge in [0.2, 0.25) is 0 Å². The van der Waals surface area contributed by atoms with Crippen LogP contribution in [0.25, 0.3) is 0 Å². The molecule has 0 aromatic heterocycles. The molecule has 16 heavy (non-hydrogen) atoms. The summed E-state index contributed by atoms with van der Waals surface area (Å²) in [6.07, 6.45) is 4.08. The average molecular weight is 215 g/mol. The lowest BCUT2D eigenvalue weighted by molar-refractivity contribution is 0.558. The van der Waals surface area contributed by atoms with E-state index in [0.29, 0.717) is 6.04 Å². The minimum atomic E-state index is 0.636. The first-order valence-corrected chi connectivity index (χ1v) is 6.57. The van der Waals surface area contributed by atoms with E-state index >= 15 is 0 Å². The number of benzene rings is 1. The maximum absolute atomic E-state index is 2.59. The van der Waals surface area contributed by atoms with E-state index in [4.69, 9.17) is 0 Å². The summed E-state index contributed by atoms with van der Waals surface area (Å²) < 4.78 is 0. The van der Waals surface area contributed by atoms with Gasteiger partial charge >= 0.3 is 0 Å². The van der Waals surface area contributed by atoms with Gasteiger partial charge in [-0.3, -0.25) is 0 Å². The van der Waals surface area contributed by atoms with E-state index in [-0.39, 0.29) is 0 Å². The summed E-state index contributed by atoms with van der Waals surface area (Å²) in [6.45, 7) is 8.15. The van der Waals surface area contributed by atoms with E-state index in [1.165, 1.54) is 37.1 Å². The fourth-order valence-corrected chi connectivity index (χ4v) is 3.48. The molecule has 1 aliphatic carbocycles. The van der Waals surface area contributed by atoms with E-state index in [0.717, 1.165) is 5.92 Å². The van der Waals surface area contributed by atoms with Crippen molar-refractivity contribution in [1.29, 1.82) is 0 Å². The highest BCUT2D eigenvalue weighted by Gasteiger charge is 2.34. The minimum absolute atomic E-state index is 0.636. The predicted octanol–water partition coefficient (Wildman–Crippen LogP) is 3.64. The van der Waals surface area contributed by atoms with Gasteiger partial charge in [-0.2, -0.15) is 0 Å². The Bertz CT molecular complexity index is 420. The molecule has 0 amide bonds. The van der Waals surface area contributed by atoms with Crippen LogP contribution < -0.4 is 4.90 Å². The molecule has 1 atom stereocenters. The van der Waals surface area contributed by atoms with Crippen LogP contribution in [0.3, 0.4) is 0 Å². The molecule has 1 aliphatic heterocycles. The lowest BCUT2D eigenvalue weighted by atomic mass is 9.82. The van der Waals surface area contributed by atoms with Gasteiger partial charge in [0.15, 0.2) is 0 Å². The van der Waals surface area contributed by atoms with Crippen molar-refractivity contribution < 1.29 is 0 Å². The molecule has 0 N–H and O–H groups in total. The van der Waals surface area contributed by atoms with Crippen LogP contribution in [0.4, 0.5) is 5.69 Å². The number of nitrogens with zero attached hydrogens (tertiary/aromatic N) is 1. The van der Waals surface area contributed by atoms with Crippen molar-refractivity contribution >= 4 is 5.69 Å². The standard InChI is InChI=1S/C15H21N/c1-10(2)16-9-12-5-4-6-13-11(3)7-8-14(16)15(12)13/h7-8,10,12H,4-6,9H2,1-3H3. The summed E-state index contributed by atoms with van der Waals surface area (Å²) in [7, 11) is 0. The Labute approximate surface area is 98.5 Å². The van der Waals surface area contributed by atoms with Crippen LogP contribution >= 0.6 is 0 Å². The molecule has 0 radical (unpaired) electrons. The van der Waals surface area contributed by atoms with E-state index in [1.54, 1.807) is 11.1 Å². The second-order valence-electron chi connectivity index (χ2n) is 5.63. The summed E-state index contributed by atoms with van der Waals surface area (Å²) in [5, 5.41) is 0. The van der Waals surface area contributed by atoms with Crippen LogP contribution in [-0.2, 0) is 6.42 Å². The highest BCUT2D eigenvalue weighted by atomic mass is 15.2. The first-order valence-electron chi connectivity index (χ1n) is 6.57. The van der Waals surface area contributed by atoms with Crippen molar-refractivity contribution in [2.75, 3.05) is 11.4 Å². The molecule has 1 aromatic rings. The zero-order valence-electron chi connectivity index (χ0n) is 10.6. The van der Waals surface area contributed by atoms with Crippen molar-refractivity contribution in [2.24, 2.45) is 0 Å². The molecule has 0 saturated carbocycles. The van der Waals surface area contributed by atoms with Gasteiger partial charge in [0.1, 0.15) is 0 Å². The van der Waals surface area contributed by atoms with Crippen molar-refractivity contribution in [1.82, 2.24) is 0 Å². The summed E-state index contributed by atoms with van der Waals surface area (Å²) in [5.74, 6) is 0.820. The van der Waals surface area contributed by atoms with Crippen molar-refractivity contribution in [3.63, 3.8) is 0 Å². The van der Waals surface area contributed by atoms with Crippen LogP contribution in [0.5, 0.6) is 0 Å². The second-order valence-corrected chi connectivity index (χ2v) is 5.63. The van der Waals surface area contributed by atoms with Crippen molar-refractivity contribution in [3.8, 4) is 0 Å². The van der Waals surface area contributed by atoms with Gasteiger partial charge in [-0.25, -0.2) is 0 Å². The zero-order valence-corrected chi connectivity index (χ0v) is 10.6. The number of anilines is 1. The van der Waals surface area contributed by atoms with Crippen molar-refractivity contribution in [3.05, 3.63) is 28.8 Å². The molecule has 1 aromatic carbocycles. The Morgan fingerprint density at radius 2 is 2.12 bits per heavy atom. The molecular formula is C15H21N. The average Bonchev–Trinajstić information content (AvgIpc) is 2.64. The Morgan fingerprint density at radius 3 is 2.88 bits per heavy atom. The Morgan fingerprint density at radius 1 is 1.31 bits per heavy atom. The van der Waals surface area contributed by atoms with Crippen LogP contribution in [0.2, 0.25) is 0 Å². The number of hydrogen-bond acceptors (Lipinski definition) is 1. The van der Waals surface area contributed by atoms with E-state index in [2.05, 4.69) is 37.8 Å².